The molecule has 0 atom stereocenters. The number of benzene rings is 4. The van der Waals surface area contributed by atoms with Crippen molar-refractivity contribution in [3.63, 3.8) is 0 Å². The first-order valence-corrected chi connectivity index (χ1v) is 46.5. The molecule has 4 aromatic carbocycles. The second kappa shape index (κ2) is 27.9. The summed E-state index contributed by atoms with van der Waals surface area (Å²) in [4.78, 5) is 31.3. The van der Waals surface area contributed by atoms with E-state index in [1.165, 1.54) is 12.1 Å². The van der Waals surface area contributed by atoms with Crippen LogP contribution >= 0.6 is 22.6 Å². The topological polar surface area (TPSA) is 194 Å². The van der Waals surface area contributed by atoms with E-state index in [4.69, 9.17) is 34.1 Å². The van der Waals surface area contributed by atoms with Crippen LogP contribution in [0.5, 0.6) is 0 Å². The lowest BCUT2D eigenvalue weighted by atomic mass is 10.2. The number of fused-ring (bicyclic) bond motifs is 4. The van der Waals surface area contributed by atoms with Gasteiger partial charge in [0.25, 0.3) is 11.4 Å². The molecule has 8 rings (SSSR count). The van der Waals surface area contributed by atoms with E-state index in [0.717, 1.165) is 72.2 Å². The van der Waals surface area contributed by atoms with Gasteiger partial charge in [-0.1, -0.05) is 122 Å². The van der Waals surface area contributed by atoms with Crippen molar-refractivity contribution >= 4 is 124 Å². The van der Waals surface area contributed by atoms with E-state index in [2.05, 4.69) is 136 Å². The molecule has 0 amide bonds. The zero-order chi connectivity index (χ0) is 58.1. The molecular weight excluding hydrogens is 1210 g/mol. The monoisotopic (exact) mass is 1300 g/mol. The Labute approximate surface area is 490 Å². The van der Waals surface area contributed by atoms with Crippen molar-refractivity contribution in [2.24, 2.45) is 0 Å². The third-order valence-electron chi connectivity index (χ3n) is 12.9. The number of nitro benzene ring substituents is 2. The molecule has 0 aliphatic heterocycles. The Balaban J connectivity index is 0.000000277. The summed E-state index contributed by atoms with van der Waals surface area (Å²) in [6.07, 6.45) is 0. The molecule has 4 aromatic heterocycles. The molecule has 0 saturated heterocycles. The number of aromatic nitrogens is 8. The number of rotatable bonds is 24. The number of ether oxygens (including phenoxy) is 4. The van der Waals surface area contributed by atoms with Crippen molar-refractivity contribution in [3.05, 3.63) is 109 Å². The fourth-order valence-corrected chi connectivity index (χ4v) is 13.3. The fraction of sp³-hybridized carbons (Fsp3) is 0.491. The van der Waals surface area contributed by atoms with Gasteiger partial charge in [0.15, 0.2) is 9.66 Å². The van der Waals surface area contributed by atoms with Gasteiger partial charge >= 0.3 is 0 Å². The highest BCUT2D eigenvalue weighted by Crippen LogP contribution is 2.33. The van der Waals surface area contributed by atoms with Gasteiger partial charge in [0.2, 0.25) is 0 Å². The van der Waals surface area contributed by atoms with Crippen LogP contribution in [0.1, 0.15) is 1.43 Å². The Morgan fingerprint density at radius 1 is 0.500 bits per heavy atom. The maximum atomic E-state index is 11.5. The van der Waals surface area contributed by atoms with Crippen LogP contribution in [-0.4, -0.2) is 115 Å². The van der Waals surface area contributed by atoms with E-state index in [9.17, 15) is 20.2 Å². The molecule has 8 aromatic rings. The van der Waals surface area contributed by atoms with Gasteiger partial charge in [0.05, 0.1) is 48.3 Å². The zero-order valence-electron chi connectivity index (χ0n) is 49.6. The molecule has 4 heterocycles. The molecule has 0 spiro atoms. The minimum absolute atomic E-state index is 0. The minimum atomic E-state index is -1.65. The maximum absolute atomic E-state index is 11.5. The Morgan fingerprint density at radius 3 is 1.34 bits per heavy atom. The molecule has 0 fully saturated rings. The standard InChI is InChI=1S/C26H37N5O4Si2.C16H27N3O3Si2.C13H19IN2OSi.FH.H2/c1-36(2,3)15-13-34-18-29-23-10-8-7-9-22(23)27-26(29)25-21-12-11-20(31(32)33)17-24(21)30(28-25)19-35-14-16-37(4,5)6;1-23(2,3)10-9-22-12-18-15-11-13(19(20)21)7-8-14(15)16(17-18)24(4,5)6;1-18(2,3)9-8-17-10-16-12-7-5-4-6-11(12)15-13(16)14;;/h7-12,17H,13-16,18-19H2,1-6H3;7-8,11H,9-10,12H2,1-6H3;4-7H,8-10H2,1-3H3;2*1H/i;;;;1+2. The number of nitro groups is 2. The highest BCUT2D eigenvalue weighted by atomic mass is 127. The van der Waals surface area contributed by atoms with Crippen LogP contribution in [0.4, 0.5) is 16.1 Å². The van der Waals surface area contributed by atoms with Crippen molar-refractivity contribution in [1.82, 2.24) is 38.7 Å². The van der Waals surface area contributed by atoms with E-state index in [0.29, 0.717) is 57.0 Å². The van der Waals surface area contributed by atoms with Crippen molar-refractivity contribution in [2.45, 2.75) is 149 Å². The minimum Gasteiger partial charge on any atom is -0.361 e. The van der Waals surface area contributed by atoms with Crippen molar-refractivity contribution in [3.8, 4) is 11.5 Å². The number of para-hydroxylation sites is 4. The molecule has 25 heteroatoms. The van der Waals surface area contributed by atoms with Gasteiger partial charge in [-0.15, -0.1) is 0 Å². The Morgan fingerprint density at radius 2 is 0.887 bits per heavy atom. The van der Waals surface area contributed by atoms with Crippen molar-refractivity contribution in [1.29, 1.82) is 0 Å². The summed E-state index contributed by atoms with van der Waals surface area (Å²) >= 11 is 2.26. The number of halogens is 2. The first kappa shape index (κ1) is 65.9. The predicted octanol–water partition coefficient (Wildman–Crippen LogP) is 14.7. The first-order valence-electron chi connectivity index (χ1n) is 27.1. The third kappa shape index (κ3) is 19.1. The van der Waals surface area contributed by atoms with Crippen LogP contribution in [0.15, 0.2) is 84.9 Å². The summed E-state index contributed by atoms with van der Waals surface area (Å²) in [6.45, 7) is 39.0. The zero-order valence-corrected chi connectivity index (χ0v) is 56.8. The molecule has 0 N–H and O–H groups in total. The van der Waals surface area contributed by atoms with Gasteiger partial charge in [-0.05, 0) is 60.6 Å². The Bertz CT molecular complexity index is 3360. The van der Waals surface area contributed by atoms with E-state index >= 15 is 0 Å². The summed E-state index contributed by atoms with van der Waals surface area (Å²) in [5, 5.41) is 35.1. The number of imidazole rings is 2. The van der Waals surface area contributed by atoms with E-state index in [-0.39, 0.29) is 34.1 Å². The fourth-order valence-electron chi connectivity index (χ4n) is 8.15. The lowest BCUT2D eigenvalue weighted by molar-refractivity contribution is -0.384. The molecule has 0 aliphatic carbocycles. The predicted molar refractivity (Wildman–Crippen MR) is 348 cm³/mol. The van der Waals surface area contributed by atoms with Crippen LogP contribution in [0.2, 0.25) is 122 Å². The summed E-state index contributed by atoms with van der Waals surface area (Å²) in [5.74, 6) is 0.675. The van der Waals surface area contributed by atoms with Gasteiger partial charge in [-0.2, -0.15) is 10.2 Å². The summed E-state index contributed by atoms with van der Waals surface area (Å²) in [6, 6.07) is 30.3. The molecule has 438 valence electrons. The molecule has 80 heavy (non-hydrogen) atoms. The van der Waals surface area contributed by atoms with Gasteiger partial charge in [0, 0.05) is 118 Å². The van der Waals surface area contributed by atoms with Crippen LogP contribution in [0.25, 0.3) is 55.4 Å². The summed E-state index contributed by atoms with van der Waals surface area (Å²) in [7, 11) is -6.24. The molecular formula is C55H86FIN10O8Si5. The Kier molecular flexibility index (Phi) is 23.0. The molecule has 18 nitrogen and oxygen atoms in total. The first-order chi connectivity index (χ1) is 36.9. The highest BCUT2D eigenvalue weighted by molar-refractivity contribution is 14.1. The number of hydrogen-bond donors (Lipinski definition) is 0. The normalized spacial score (nSPS) is 12.4. The molecule has 0 unspecified atom stereocenters. The lowest BCUT2D eigenvalue weighted by Crippen LogP contribution is -2.39. The molecule has 0 bridgehead atoms. The second-order valence-electron chi connectivity index (χ2n) is 25.9. The number of nitrogens with zero attached hydrogens (tertiary/aromatic N) is 10. The van der Waals surface area contributed by atoms with E-state index in [1.54, 1.807) is 33.6 Å². The number of non-ortho nitro benzene ring substituents is 2. The molecule has 0 aliphatic rings. The van der Waals surface area contributed by atoms with Crippen LogP contribution < -0.4 is 5.32 Å². The van der Waals surface area contributed by atoms with E-state index in [1.807, 2.05) is 53.1 Å². The molecule has 0 radical (unpaired) electrons. The molecule has 0 saturated carbocycles. The quantitative estimate of drug-likeness (QED) is 0.0183. The SMILES string of the molecule is C[Si](C)(C)CCOCn1c(I)nc2ccccc21.C[Si](C)(C)CCOCn1nc(-c2nc3ccccc3n2COCC[Si](C)(C)C)c2ccc([N+](=O)[O-])cc21.C[Si](C)(C)CCOCn1nc([Si](C)(C)C)c2ccc([N+](=O)[O-])cc21.F.[3HH]. The van der Waals surface area contributed by atoms with Crippen molar-refractivity contribution in [2.75, 3.05) is 26.4 Å². The van der Waals surface area contributed by atoms with Gasteiger partial charge in [-0.3, -0.25) is 34.1 Å². The highest BCUT2D eigenvalue weighted by Gasteiger charge is 2.27. The Hall–Kier alpha value is -4.86. The average Bonchev–Trinajstić information content (AvgIpc) is 4.10. The summed E-state index contributed by atoms with van der Waals surface area (Å²) < 4.78 is 32.3. The lowest BCUT2D eigenvalue weighted by Gasteiger charge is -2.16. The van der Waals surface area contributed by atoms with E-state index < -0.39 is 40.4 Å². The maximum Gasteiger partial charge on any atom is 0.271 e. The van der Waals surface area contributed by atoms with Gasteiger partial charge in [0.1, 0.15) is 40.7 Å². The number of hydrogen-bond acceptors (Lipinski definition) is 12. The van der Waals surface area contributed by atoms with Crippen LogP contribution in [0, 0.1) is 24.1 Å². The largest absolute Gasteiger partial charge is 0.361 e. The van der Waals surface area contributed by atoms with Gasteiger partial charge < -0.3 is 18.9 Å². The summed E-state index contributed by atoms with van der Waals surface area (Å²) in [5.41, 5.74) is 6.20. The smallest absolute Gasteiger partial charge is 0.271 e. The average molecular weight is 1300 g/mol. The van der Waals surface area contributed by atoms with Crippen LogP contribution in [0.3, 0.4) is 0 Å². The van der Waals surface area contributed by atoms with Crippen LogP contribution in [-0.2, 0) is 45.9 Å². The second-order valence-corrected chi connectivity index (χ2v) is 54.3. The third-order valence-corrected chi connectivity index (χ3v) is 22.4. The van der Waals surface area contributed by atoms with Gasteiger partial charge in [-0.25, -0.2) is 19.3 Å². The van der Waals surface area contributed by atoms with Crippen molar-refractivity contribution < 1.29 is 34.9 Å².